The number of benzene rings is 2. The number of esters is 1. The number of nitrogens with one attached hydrogen (secondary N) is 1. The van der Waals surface area contributed by atoms with Gasteiger partial charge in [-0.1, -0.05) is 29.8 Å². The van der Waals surface area contributed by atoms with Gasteiger partial charge in [-0.15, -0.1) is 0 Å². The molecule has 2 rings (SSSR count). The van der Waals surface area contributed by atoms with Gasteiger partial charge in [-0.25, -0.2) is 13.2 Å². The maximum atomic E-state index is 12.4. The van der Waals surface area contributed by atoms with Gasteiger partial charge in [0.15, 0.2) is 9.84 Å². The molecule has 2 aromatic rings. The second kappa shape index (κ2) is 8.82. The Labute approximate surface area is 157 Å². The average molecular weight is 396 g/mol. The lowest BCUT2D eigenvalue weighted by Crippen LogP contribution is -2.42. The topological polar surface area (TPSA) is 89.5 Å². The summed E-state index contributed by atoms with van der Waals surface area (Å²) in [7, 11) is -2.40. The highest BCUT2D eigenvalue weighted by atomic mass is 35.5. The molecule has 0 saturated carbocycles. The zero-order valence-corrected chi connectivity index (χ0v) is 15.6. The van der Waals surface area contributed by atoms with Crippen LogP contribution >= 0.6 is 11.6 Å². The maximum Gasteiger partial charge on any atom is 0.328 e. The Balaban J connectivity index is 2.09. The minimum atomic E-state index is -3.58. The van der Waals surface area contributed by atoms with Crippen molar-refractivity contribution in [3.63, 3.8) is 0 Å². The van der Waals surface area contributed by atoms with E-state index in [9.17, 15) is 18.0 Å². The van der Waals surface area contributed by atoms with Gasteiger partial charge in [0.25, 0.3) is 5.91 Å². The van der Waals surface area contributed by atoms with E-state index in [2.05, 4.69) is 10.1 Å². The summed E-state index contributed by atoms with van der Waals surface area (Å²) in [6.07, 6.45) is -0.108. The zero-order valence-electron chi connectivity index (χ0n) is 14.0. The van der Waals surface area contributed by atoms with Gasteiger partial charge < -0.3 is 10.1 Å². The van der Waals surface area contributed by atoms with Gasteiger partial charge in [-0.3, -0.25) is 4.79 Å². The van der Waals surface area contributed by atoms with Crippen LogP contribution in [0.1, 0.15) is 16.8 Å². The van der Waals surface area contributed by atoms with Crippen molar-refractivity contribution in [2.75, 3.05) is 12.9 Å². The van der Waals surface area contributed by atoms with Crippen LogP contribution in [0.15, 0.2) is 59.5 Å². The van der Waals surface area contributed by atoms with E-state index in [4.69, 9.17) is 11.6 Å². The van der Waals surface area contributed by atoms with Gasteiger partial charge in [-0.2, -0.15) is 0 Å². The molecular formula is C18H18ClNO5S. The molecule has 0 saturated heterocycles. The van der Waals surface area contributed by atoms with Gasteiger partial charge in [0.1, 0.15) is 6.04 Å². The van der Waals surface area contributed by atoms with Crippen LogP contribution in [0.25, 0.3) is 0 Å². The molecule has 0 heterocycles. The first-order valence-corrected chi connectivity index (χ1v) is 9.78. The fourth-order valence-electron chi connectivity index (χ4n) is 2.25. The van der Waals surface area contributed by atoms with E-state index in [1.807, 2.05) is 0 Å². The summed E-state index contributed by atoms with van der Waals surface area (Å²) in [5.74, 6) is -1.54. The second-order valence-electron chi connectivity index (χ2n) is 5.48. The third kappa shape index (κ3) is 5.31. The minimum Gasteiger partial charge on any atom is -0.467 e. The Bertz CT molecular complexity index is 866. The Kier molecular flexibility index (Phi) is 6.76. The largest absolute Gasteiger partial charge is 0.467 e. The predicted molar refractivity (Wildman–Crippen MR) is 97.8 cm³/mol. The fraction of sp³-hybridized carbons (Fsp3) is 0.222. The van der Waals surface area contributed by atoms with Crippen LogP contribution in [-0.2, 0) is 19.4 Å². The smallest absolute Gasteiger partial charge is 0.328 e. The molecule has 0 aliphatic carbocycles. The van der Waals surface area contributed by atoms with E-state index < -0.39 is 27.8 Å². The number of hydrogen-bond donors (Lipinski definition) is 1. The molecule has 2 aromatic carbocycles. The lowest BCUT2D eigenvalue weighted by molar-refractivity contribution is -0.142. The highest BCUT2D eigenvalue weighted by Crippen LogP contribution is 2.13. The molecule has 0 fully saturated rings. The lowest BCUT2D eigenvalue weighted by Gasteiger charge is -2.16. The molecule has 0 aliphatic rings. The fourth-order valence-corrected chi connectivity index (χ4v) is 3.73. The Morgan fingerprint density at radius 1 is 1.08 bits per heavy atom. The molecule has 138 valence electrons. The highest BCUT2D eigenvalue weighted by Gasteiger charge is 2.25. The first-order chi connectivity index (χ1) is 12.3. The summed E-state index contributed by atoms with van der Waals surface area (Å²) in [5, 5.41) is 2.98. The van der Waals surface area contributed by atoms with Crippen molar-refractivity contribution in [3.05, 3.63) is 65.2 Å². The van der Waals surface area contributed by atoms with Crippen molar-refractivity contribution in [2.45, 2.75) is 17.4 Å². The summed E-state index contributed by atoms with van der Waals surface area (Å²) in [6.45, 7) is 0. The number of amides is 1. The molecule has 0 unspecified atom stereocenters. The molecule has 0 aromatic heterocycles. The first kappa shape index (κ1) is 19.9. The van der Waals surface area contributed by atoms with Crippen molar-refractivity contribution in [1.82, 2.24) is 5.32 Å². The highest BCUT2D eigenvalue weighted by molar-refractivity contribution is 7.91. The first-order valence-electron chi connectivity index (χ1n) is 7.75. The third-order valence-electron chi connectivity index (χ3n) is 3.68. The SMILES string of the molecule is COC(=O)[C@H](CCS(=O)(=O)c1ccccc1)NC(=O)c1ccc(Cl)cc1. The van der Waals surface area contributed by atoms with Gasteiger partial charge in [-0.05, 0) is 42.8 Å². The summed E-state index contributed by atoms with van der Waals surface area (Å²) in [4.78, 5) is 24.4. The average Bonchev–Trinajstić information content (AvgIpc) is 2.65. The Morgan fingerprint density at radius 2 is 1.69 bits per heavy atom. The zero-order chi connectivity index (χ0) is 19.2. The molecule has 6 nitrogen and oxygen atoms in total. The maximum absolute atomic E-state index is 12.4. The number of ether oxygens (including phenoxy) is 1. The molecule has 1 amide bonds. The van der Waals surface area contributed by atoms with Crippen LogP contribution < -0.4 is 5.32 Å². The summed E-state index contributed by atoms with van der Waals surface area (Å²) in [6, 6.07) is 12.9. The summed E-state index contributed by atoms with van der Waals surface area (Å²) < 4.78 is 29.4. The molecule has 26 heavy (non-hydrogen) atoms. The molecule has 0 spiro atoms. The van der Waals surface area contributed by atoms with Gasteiger partial charge in [0.2, 0.25) is 0 Å². The molecule has 0 radical (unpaired) electrons. The standard InChI is InChI=1S/C18H18ClNO5S/c1-25-18(22)16(20-17(21)13-7-9-14(19)10-8-13)11-12-26(23,24)15-5-3-2-4-6-15/h2-10,16H,11-12H2,1H3,(H,20,21)/t16-/m0/s1. The van der Waals surface area contributed by atoms with Crippen LogP contribution in [0.5, 0.6) is 0 Å². The number of methoxy groups -OCH3 is 1. The Hall–Kier alpha value is -2.38. The number of carbonyl (C=O) groups excluding carboxylic acids is 2. The number of sulfone groups is 1. The quantitative estimate of drug-likeness (QED) is 0.727. The van der Waals surface area contributed by atoms with Crippen molar-refractivity contribution in [1.29, 1.82) is 0 Å². The third-order valence-corrected chi connectivity index (χ3v) is 5.69. The van der Waals surface area contributed by atoms with Gasteiger partial charge in [0.05, 0.1) is 17.8 Å². The van der Waals surface area contributed by atoms with E-state index in [1.165, 1.54) is 31.4 Å². The molecule has 8 heteroatoms. The Morgan fingerprint density at radius 3 is 2.27 bits per heavy atom. The normalized spacial score (nSPS) is 12.2. The minimum absolute atomic E-state index is 0.108. The van der Waals surface area contributed by atoms with E-state index in [1.54, 1.807) is 30.3 Å². The summed E-state index contributed by atoms with van der Waals surface area (Å²) >= 11 is 5.78. The van der Waals surface area contributed by atoms with E-state index in [-0.39, 0.29) is 17.1 Å². The molecular weight excluding hydrogens is 378 g/mol. The predicted octanol–water partition coefficient (Wildman–Crippen LogP) is 2.48. The van der Waals surface area contributed by atoms with Gasteiger partial charge in [0, 0.05) is 10.6 Å². The molecule has 0 aliphatic heterocycles. The van der Waals surface area contributed by atoms with Crippen LogP contribution in [0.3, 0.4) is 0 Å². The molecule has 1 N–H and O–H groups in total. The number of hydrogen-bond acceptors (Lipinski definition) is 5. The molecule has 1 atom stereocenters. The number of halogens is 1. The van der Waals surface area contributed by atoms with Crippen LogP contribution in [-0.4, -0.2) is 39.2 Å². The van der Waals surface area contributed by atoms with Gasteiger partial charge >= 0.3 is 5.97 Å². The number of rotatable bonds is 7. The van der Waals surface area contributed by atoms with Crippen LogP contribution in [0.2, 0.25) is 5.02 Å². The van der Waals surface area contributed by atoms with Crippen molar-refractivity contribution in [2.24, 2.45) is 0 Å². The van der Waals surface area contributed by atoms with Crippen LogP contribution in [0.4, 0.5) is 0 Å². The van der Waals surface area contributed by atoms with E-state index in [0.717, 1.165) is 0 Å². The van der Waals surface area contributed by atoms with Crippen molar-refractivity contribution < 1.29 is 22.7 Å². The van der Waals surface area contributed by atoms with E-state index >= 15 is 0 Å². The summed E-state index contributed by atoms with van der Waals surface area (Å²) in [5.41, 5.74) is 0.300. The number of carbonyl (C=O) groups is 2. The second-order valence-corrected chi connectivity index (χ2v) is 8.02. The lowest BCUT2D eigenvalue weighted by atomic mass is 10.1. The monoisotopic (exact) mass is 395 g/mol. The van der Waals surface area contributed by atoms with Crippen molar-refractivity contribution in [3.8, 4) is 0 Å². The molecule has 0 bridgehead atoms. The van der Waals surface area contributed by atoms with Crippen LogP contribution in [0, 0.1) is 0 Å². The van der Waals surface area contributed by atoms with Crippen molar-refractivity contribution >= 4 is 33.3 Å². The van der Waals surface area contributed by atoms with E-state index in [0.29, 0.717) is 10.6 Å².